The lowest BCUT2D eigenvalue weighted by atomic mass is 9.60. The van der Waals surface area contributed by atoms with Crippen LogP contribution in [0.4, 0.5) is 11.6 Å². The molecular formula is C22H34N4O. The molecule has 0 radical (unpaired) electrons. The number of nitrogens with zero attached hydrogens (tertiary/aromatic N) is 3. The van der Waals surface area contributed by atoms with Gasteiger partial charge in [-0.2, -0.15) is 0 Å². The normalized spacial score (nSPS) is 29.7. The van der Waals surface area contributed by atoms with Crippen molar-refractivity contribution in [1.82, 2.24) is 9.97 Å². The van der Waals surface area contributed by atoms with E-state index in [0.29, 0.717) is 6.42 Å². The highest BCUT2D eigenvalue weighted by atomic mass is 16.1. The fraction of sp³-hybridized carbons (Fsp3) is 0.773. The van der Waals surface area contributed by atoms with E-state index in [9.17, 15) is 4.79 Å². The molecule has 5 rings (SSSR count). The first-order chi connectivity index (χ1) is 12.7. The molecule has 148 valence electrons. The van der Waals surface area contributed by atoms with Crippen molar-refractivity contribution in [2.24, 2.45) is 29.1 Å². The molecule has 4 aliphatic rings. The van der Waals surface area contributed by atoms with Crippen molar-refractivity contribution in [2.45, 2.75) is 66.7 Å². The van der Waals surface area contributed by atoms with E-state index in [0.717, 1.165) is 59.8 Å². The molecule has 1 aliphatic heterocycles. The third-order valence-electron chi connectivity index (χ3n) is 6.94. The molecule has 5 nitrogen and oxygen atoms in total. The minimum absolute atomic E-state index is 0.0299. The molecule has 27 heavy (non-hydrogen) atoms. The Kier molecular flexibility index (Phi) is 4.68. The SMILES string of the molecule is Cc1nc(N2CC3C4CCC(CC4)C3C2)nc(C)c1NC(=O)CC(C)(C)C. The minimum atomic E-state index is -0.0299. The Morgan fingerprint density at radius 2 is 1.48 bits per heavy atom. The number of hydrogen-bond donors (Lipinski definition) is 1. The standard InChI is InChI=1S/C22H34N4O/c1-13-20(25-19(27)10-22(3,4)5)14(2)24-21(23-13)26-11-17-15-6-7-16(9-8-15)18(17)12-26/h15-18H,6-12H2,1-5H3,(H,25,27). The molecule has 3 aliphatic carbocycles. The average Bonchev–Trinajstić information content (AvgIpc) is 3.05. The van der Waals surface area contributed by atoms with Gasteiger partial charge in [0.1, 0.15) is 0 Å². The number of hydrogen-bond acceptors (Lipinski definition) is 4. The largest absolute Gasteiger partial charge is 0.340 e. The van der Waals surface area contributed by atoms with Crippen molar-refractivity contribution in [3.63, 3.8) is 0 Å². The number of anilines is 2. The van der Waals surface area contributed by atoms with Crippen LogP contribution < -0.4 is 10.2 Å². The van der Waals surface area contributed by atoms with E-state index in [1.165, 1.54) is 25.7 Å². The minimum Gasteiger partial charge on any atom is -0.340 e. The Morgan fingerprint density at radius 3 is 1.93 bits per heavy atom. The second kappa shape index (κ2) is 6.75. The Balaban J connectivity index is 1.50. The van der Waals surface area contributed by atoms with E-state index in [1.807, 2.05) is 13.8 Å². The molecule has 2 heterocycles. The van der Waals surface area contributed by atoms with Gasteiger partial charge in [0.25, 0.3) is 0 Å². The van der Waals surface area contributed by atoms with Crippen molar-refractivity contribution in [3.8, 4) is 0 Å². The topological polar surface area (TPSA) is 58.1 Å². The molecule has 2 atom stereocenters. The molecule has 2 unspecified atom stereocenters. The Morgan fingerprint density at radius 1 is 1.00 bits per heavy atom. The summed E-state index contributed by atoms with van der Waals surface area (Å²) < 4.78 is 0. The second-order valence-corrected chi connectivity index (χ2v) is 10.3. The maximum atomic E-state index is 12.3. The van der Waals surface area contributed by atoms with Crippen LogP contribution in [0.15, 0.2) is 0 Å². The van der Waals surface area contributed by atoms with Crippen molar-refractivity contribution < 1.29 is 4.79 Å². The third kappa shape index (κ3) is 3.70. The van der Waals surface area contributed by atoms with E-state index in [-0.39, 0.29) is 11.3 Å². The molecule has 1 amide bonds. The highest BCUT2D eigenvalue weighted by Gasteiger charge is 2.48. The first-order valence-corrected chi connectivity index (χ1v) is 10.6. The van der Waals surface area contributed by atoms with Crippen LogP contribution in [0.5, 0.6) is 0 Å². The number of fused-ring (bicyclic) bond motifs is 2. The predicted molar refractivity (Wildman–Crippen MR) is 109 cm³/mol. The zero-order valence-electron chi connectivity index (χ0n) is 17.5. The summed E-state index contributed by atoms with van der Waals surface area (Å²) in [5.41, 5.74) is 2.50. The van der Waals surface area contributed by atoms with Crippen molar-refractivity contribution in [2.75, 3.05) is 23.3 Å². The zero-order valence-corrected chi connectivity index (χ0v) is 17.5. The van der Waals surface area contributed by atoms with Gasteiger partial charge in [0.15, 0.2) is 0 Å². The molecule has 4 fully saturated rings. The van der Waals surface area contributed by atoms with Gasteiger partial charge in [-0.15, -0.1) is 0 Å². The van der Waals surface area contributed by atoms with E-state index in [4.69, 9.17) is 9.97 Å². The lowest BCUT2D eigenvalue weighted by Crippen LogP contribution is -2.38. The van der Waals surface area contributed by atoms with Crippen LogP contribution in [0.3, 0.4) is 0 Å². The maximum absolute atomic E-state index is 12.3. The van der Waals surface area contributed by atoms with E-state index in [2.05, 4.69) is 31.0 Å². The van der Waals surface area contributed by atoms with Gasteiger partial charge in [-0.05, 0) is 68.6 Å². The van der Waals surface area contributed by atoms with Crippen LogP contribution in [0.1, 0.15) is 64.3 Å². The number of aryl methyl sites for hydroxylation is 2. The molecule has 3 saturated carbocycles. The highest BCUT2D eigenvalue weighted by Crippen LogP contribution is 2.52. The number of rotatable bonds is 3. The quantitative estimate of drug-likeness (QED) is 0.860. The highest BCUT2D eigenvalue weighted by molar-refractivity contribution is 5.92. The summed E-state index contributed by atoms with van der Waals surface area (Å²) in [6.45, 7) is 12.4. The molecule has 0 aromatic carbocycles. The number of aromatic nitrogens is 2. The molecule has 1 N–H and O–H groups in total. The molecule has 1 aromatic heterocycles. The summed E-state index contributed by atoms with van der Waals surface area (Å²) in [5.74, 6) is 4.41. The average molecular weight is 371 g/mol. The van der Waals surface area contributed by atoms with Crippen molar-refractivity contribution in [3.05, 3.63) is 11.4 Å². The summed E-state index contributed by atoms with van der Waals surface area (Å²) >= 11 is 0. The molecule has 1 aromatic rings. The number of carbonyl (C=O) groups excluding carboxylic acids is 1. The Hall–Kier alpha value is -1.65. The fourth-order valence-corrected chi connectivity index (χ4v) is 5.70. The molecule has 0 spiro atoms. The van der Waals surface area contributed by atoms with Gasteiger partial charge >= 0.3 is 0 Å². The molecule has 5 heteroatoms. The second-order valence-electron chi connectivity index (χ2n) is 10.3. The Bertz CT molecular complexity index is 687. The molecule has 2 bridgehead atoms. The lowest BCUT2D eigenvalue weighted by molar-refractivity contribution is -0.117. The van der Waals surface area contributed by atoms with Crippen LogP contribution in [-0.4, -0.2) is 29.0 Å². The summed E-state index contributed by atoms with van der Waals surface area (Å²) in [4.78, 5) is 24.3. The number of nitrogens with one attached hydrogen (secondary N) is 1. The van der Waals surface area contributed by atoms with Crippen LogP contribution in [-0.2, 0) is 4.79 Å². The van der Waals surface area contributed by atoms with E-state index < -0.39 is 0 Å². The third-order valence-corrected chi connectivity index (χ3v) is 6.94. The molecule has 1 saturated heterocycles. The van der Waals surface area contributed by atoms with Gasteiger partial charge in [-0.25, -0.2) is 9.97 Å². The predicted octanol–water partition coefficient (Wildman–Crippen LogP) is 4.34. The smallest absolute Gasteiger partial charge is 0.225 e. The Labute approximate surface area is 163 Å². The summed E-state index contributed by atoms with van der Waals surface area (Å²) in [7, 11) is 0. The van der Waals surface area contributed by atoms with Gasteiger partial charge in [-0.1, -0.05) is 20.8 Å². The van der Waals surface area contributed by atoms with Gasteiger partial charge < -0.3 is 10.2 Å². The van der Waals surface area contributed by atoms with Crippen LogP contribution in [0.2, 0.25) is 0 Å². The van der Waals surface area contributed by atoms with Crippen molar-refractivity contribution in [1.29, 1.82) is 0 Å². The van der Waals surface area contributed by atoms with E-state index in [1.54, 1.807) is 0 Å². The van der Waals surface area contributed by atoms with Crippen LogP contribution in [0.25, 0.3) is 0 Å². The van der Waals surface area contributed by atoms with Crippen LogP contribution in [0, 0.1) is 42.9 Å². The first-order valence-electron chi connectivity index (χ1n) is 10.6. The van der Waals surface area contributed by atoms with Gasteiger partial charge in [0.05, 0.1) is 17.1 Å². The fourth-order valence-electron chi connectivity index (χ4n) is 5.70. The maximum Gasteiger partial charge on any atom is 0.225 e. The lowest BCUT2D eigenvalue weighted by Gasteiger charge is -2.44. The first kappa shape index (κ1) is 18.7. The summed E-state index contributed by atoms with van der Waals surface area (Å²) in [6, 6.07) is 0. The van der Waals surface area contributed by atoms with E-state index >= 15 is 0 Å². The zero-order chi connectivity index (χ0) is 19.3. The van der Waals surface area contributed by atoms with Gasteiger partial charge in [0, 0.05) is 19.5 Å². The molecular weight excluding hydrogens is 336 g/mol. The monoisotopic (exact) mass is 370 g/mol. The van der Waals surface area contributed by atoms with Crippen molar-refractivity contribution >= 4 is 17.5 Å². The van der Waals surface area contributed by atoms with Crippen LogP contribution >= 0.6 is 0 Å². The van der Waals surface area contributed by atoms with Gasteiger partial charge in [0.2, 0.25) is 11.9 Å². The van der Waals surface area contributed by atoms with Gasteiger partial charge in [-0.3, -0.25) is 4.79 Å². The summed E-state index contributed by atoms with van der Waals surface area (Å²) in [5, 5.41) is 3.04. The summed E-state index contributed by atoms with van der Waals surface area (Å²) in [6.07, 6.45) is 6.20. The number of carbonyl (C=O) groups is 1. The number of amides is 1.